The van der Waals surface area contributed by atoms with E-state index in [0.29, 0.717) is 5.04 Å². The van der Waals surface area contributed by atoms with Crippen molar-refractivity contribution in [3.05, 3.63) is 0 Å². The second kappa shape index (κ2) is 3.79. The number of amides is 1. The fraction of sp³-hybridized carbons (Fsp3) is 0.500. The second-order valence-electron chi connectivity index (χ2n) is 2.69. The average Bonchev–Trinajstić information content (AvgIpc) is 2.30. The van der Waals surface area contributed by atoms with E-state index in [1.807, 2.05) is 0 Å². The third-order valence-corrected chi connectivity index (χ3v) is 3.82. The van der Waals surface area contributed by atoms with Crippen molar-refractivity contribution >= 4 is 37.1 Å². The van der Waals surface area contributed by atoms with Crippen LogP contribution >= 0.6 is 11.8 Å². The minimum Gasteiger partial charge on any atom is -0.273 e. The Hall–Kier alpha value is -0.730. The number of nitrogens with zero attached hydrogens (tertiary/aromatic N) is 2. The van der Waals surface area contributed by atoms with Crippen LogP contribution in [0.15, 0.2) is 9.98 Å². The van der Waals surface area contributed by atoms with Crippen LogP contribution in [0.4, 0.5) is 0 Å². The molecule has 0 fully saturated rings. The summed E-state index contributed by atoms with van der Waals surface area (Å²) in [4.78, 5) is 18.1. The highest BCUT2D eigenvalue weighted by atomic mass is 32.3. The van der Waals surface area contributed by atoms with Gasteiger partial charge in [-0.2, -0.15) is 0 Å². The minimum atomic E-state index is -3.78. The molecule has 1 heterocycles. The Bertz CT molecular complexity index is 424. The molecule has 6 nitrogen and oxygen atoms in total. The predicted molar refractivity (Wildman–Crippen MR) is 55.7 cm³/mol. The Kier molecular flexibility index (Phi) is 3.07. The number of nitrogens with two attached hydrogens (primary N) is 1. The fourth-order valence-corrected chi connectivity index (χ4v) is 2.63. The summed E-state index contributed by atoms with van der Waals surface area (Å²) in [6.07, 6.45) is 0. The zero-order chi connectivity index (χ0) is 10.9. The molecule has 0 bridgehead atoms. The van der Waals surface area contributed by atoms with Gasteiger partial charge in [-0.3, -0.25) is 9.79 Å². The van der Waals surface area contributed by atoms with Gasteiger partial charge in [0.05, 0.1) is 6.04 Å². The highest BCUT2D eigenvalue weighted by molar-refractivity contribution is 8.42. The number of hydrogen-bond acceptors (Lipinski definition) is 5. The summed E-state index contributed by atoms with van der Waals surface area (Å²) >= 11 is 0.820. The van der Waals surface area contributed by atoms with E-state index < -0.39 is 16.1 Å². The molecule has 1 rings (SSSR count). The van der Waals surface area contributed by atoms with Gasteiger partial charge < -0.3 is 0 Å². The summed E-state index contributed by atoms with van der Waals surface area (Å²) in [5.74, 6) is -0.384. The van der Waals surface area contributed by atoms with Gasteiger partial charge in [0.2, 0.25) is 10.3 Å². The first-order chi connectivity index (χ1) is 6.30. The van der Waals surface area contributed by atoms with Crippen LogP contribution < -0.4 is 5.14 Å². The van der Waals surface area contributed by atoms with Crippen LogP contribution in [0.1, 0.15) is 13.8 Å². The molecule has 0 radical (unpaired) electrons. The lowest BCUT2D eigenvalue weighted by molar-refractivity contribution is -0.115. The largest absolute Gasteiger partial charge is 0.273 e. The van der Waals surface area contributed by atoms with Crippen molar-refractivity contribution in [1.29, 1.82) is 0 Å². The number of rotatable bonds is 0. The lowest BCUT2D eigenvalue weighted by Gasteiger charge is -1.96. The van der Waals surface area contributed by atoms with E-state index in [-0.39, 0.29) is 10.3 Å². The maximum atomic E-state index is 10.9. The van der Waals surface area contributed by atoms with E-state index in [2.05, 4.69) is 9.98 Å². The summed E-state index contributed by atoms with van der Waals surface area (Å²) < 4.78 is 21.6. The highest BCUT2D eigenvalue weighted by Gasteiger charge is 2.29. The van der Waals surface area contributed by atoms with Crippen LogP contribution in [-0.4, -0.2) is 29.8 Å². The zero-order valence-electron chi connectivity index (χ0n) is 7.59. The number of sulfonamides is 1. The number of carbonyl (C=O) groups excluding carboxylic acids is 1. The van der Waals surface area contributed by atoms with Crippen LogP contribution in [0.5, 0.6) is 0 Å². The SMILES string of the molecule is CC(=O)N=C1SC(S(N)(=O)=O)=NC1C. The first-order valence-corrected chi connectivity index (χ1v) is 6.04. The molecule has 1 amide bonds. The Morgan fingerprint density at radius 1 is 1.64 bits per heavy atom. The molecule has 2 N–H and O–H groups in total. The molecule has 0 saturated carbocycles. The van der Waals surface area contributed by atoms with E-state index in [1.54, 1.807) is 6.92 Å². The number of carbonyl (C=O) groups is 1. The molecule has 0 aliphatic carbocycles. The molecule has 0 saturated heterocycles. The molecule has 0 aromatic rings. The minimum absolute atomic E-state index is 0.190. The Balaban J connectivity index is 2.95. The second-order valence-corrected chi connectivity index (χ2v) is 5.43. The van der Waals surface area contributed by atoms with Crippen molar-refractivity contribution in [3.8, 4) is 0 Å². The molecule has 1 aliphatic rings. The van der Waals surface area contributed by atoms with Gasteiger partial charge in [-0.25, -0.2) is 18.5 Å². The van der Waals surface area contributed by atoms with E-state index in [0.717, 1.165) is 11.8 Å². The fourth-order valence-electron chi connectivity index (χ4n) is 0.817. The number of thioether (sulfide) groups is 1. The maximum Gasteiger partial charge on any atom is 0.261 e. The summed E-state index contributed by atoms with van der Waals surface area (Å²) in [5, 5.41) is 5.24. The summed E-state index contributed by atoms with van der Waals surface area (Å²) in [5.41, 5.74) is 0. The van der Waals surface area contributed by atoms with Crippen molar-refractivity contribution in [2.75, 3.05) is 0 Å². The van der Waals surface area contributed by atoms with Crippen molar-refractivity contribution < 1.29 is 13.2 Å². The molecule has 0 aromatic heterocycles. The van der Waals surface area contributed by atoms with Crippen LogP contribution in [0.2, 0.25) is 0 Å². The normalized spacial score (nSPS) is 25.2. The highest BCUT2D eigenvalue weighted by Crippen LogP contribution is 2.23. The lowest BCUT2D eigenvalue weighted by atomic mass is 10.4. The van der Waals surface area contributed by atoms with E-state index in [4.69, 9.17) is 5.14 Å². The molecule has 78 valence electrons. The summed E-state index contributed by atoms with van der Waals surface area (Å²) in [6, 6.07) is -0.419. The number of aliphatic imine (C=N–C) groups is 2. The van der Waals surface area contributed by atoms with Crippen LogP contribution in [0.25, 0.3) is 0 Å². The Morgan fingerprint density at radius 3 is 2.57 bits per heavy atom. The third-order valence-electron chi connectivity index (χ3n) is 1.36. The van der Waals surface area contributed by atoms with Crippen molar-refractivity contribution in [1.82, 2.24) is 0 Å². The standard InChI is InChI=1S/C6H9N3O3S2/c1-3-5(9-4(2)10)13-6(8-3)14(7,11)12/h3H,1-2H3,(H2,7,11,12). The van der Waals surface area contributed by atoms with Gasteiger partial charge in [0.15, 0.2) is 0 Å². The Labute approximate surface area is 85.7 Å². The average molecular weight is 235 g/mol. The van der Waals surface area contributed by atoms with E-state index >= 15 is 0 Å². The summed E-state index contributed by atoms with van der Waals surface area (Å²) in [7, 11) is -3.78. The van der Waals surface area contributed by atoms with Crippen molar-refractivity contribution in [2.24, 2.45) is 15.1 Å². The molecule has 1 unspecified atom stereocenters. The van der Waals surface area contributed by atoms with Gasteiger partial charge in [0.1, 0.15) is 5.04 Å². The molecular formula is C6H9N3O3S2. The van der Waals surface area contributed by atoms with Gasteiger partial charge in [-0.1, -0.05) is 0 Å². The van der Waals surface area contributed by atoms with Gasteiger partial charge in [-0.15, -0.1) is 0 Å². The van der Waals surface area contributed by atoms with Crippen molar-refractivity contribution in [3.63, 3.8) is 0 Å². The maximum absolute atomic E-state index is 10.9. The smallest absolute Gasteiger partial charge is 0.261 e. The van der Waals surface area contributed by atoms with Gasteiger partial charge >= 0.3 is 0 Å². The molecule has 0 spiro atoms. The van der Waals surface area contributed by atoms with E-state index in [9.17, 15) is 13.2 Å². The van der Waals surface area contributed by atoms with Crippen molar-refractivity contribution in [2.45, 2.75) is 19.9 Å². The molecule has 1 aliphatic heterocycles. The monoisotopic (exact) mass is 235 g/mol. The molecule has 14 heavy (non-hydrogen) atoms. The van der Waals surface area contributed by atoms with Crippen LogP contribution in [-0.2, 0) is 14.8 Å². The van der Waals surface area contributed by atoms with Crippen LogP contribution in [0.3, 0.4) is 0 Å². The zero-order valence-corrected chi connectivity index (χ0v) is 9.22. The molecular weight excluding hydrogens is 226 g/mol. The molecule has 0 aromatic carbocycles. The van der Waals surface area contributed by atoms with Gasteiger partial charge in [-0.05, 0) is 18.7 Å². The topological polar surface area (TPSA) is 102 Å². The third kappa shape index (κ3) is 2.63. The van der Waals surface area contributed by atoms with Crippen LogP contribution in [0, 0.1) is 0 Å². The van der Waals surface area contributed by atoms with Gasteiger partial charge in [0.25, 0.3) is 10.0 Å². The van der Waals surface area contributed by atoms with E-state index in [1.165, 1.54) is 6.92 Å². The molecule has 1 atom stereocenters. The first-order valence-electron chi connectivity index (χ1n) is 3.68. The van der Waals surface area contributed by atoms with Gasteiger partial charge in [0, 0.05) is 6.92 Å². The lowest BCUT2D eigenvalue weighted by Crippen LogP contribution is -2.19. The predicted octanol–water partition coefficient (Wildman–Crippen LogP) is -0.289. The summed E-state index contributed by atoms with van der Waals surface area (Å²) in [6.45, 7) is 2.93. The quantitative estimate of drug-likeness (QED) is 0.623. The molecule has 8 heteroatoms. The number of hydrogen-bond donors (Lipinski definition) is 1. The first kappa shape index (κ1) is 11.3. The number of primary sulfonamides is 1. The Morgan fingerprint density at radius 2 is 2.21 bits per heavy atom.